The quantitative estimate of drug-likeness (QED) is 0.714. The third kappa shape index (κ3) is 3.18. The van der Waals surface area contributed by atoms with Crippen LogP contribution in [-0.2, 0) is 0 Å². The Morgan fingerprint density at radius 3 is 2.74 bits per heavy atom. The fourth-order valence-corrected chi connectivity index (χ4v) is 3.69. The summed E-state index contributed by atoms with van der Waals surface area (Å²) in [7, 11) is 1.62. The number of amides is 1. The van der Waals surface area contributed by atoms with E-state index in [2.05, 4.69) is 14.8 Å². The van der Waals surface area contributed by atoms with E-state index in [4.69, 9.17) is 4.74 Å². The van der Waals surface area contributed by atoms with E-state index in [-0.39, 0.29) is 11.9 Å². The number of rotatable bonds is 4. The van der Waals surface area contributed by atoms with Crippen molar-refractivity contribution in [3.8, 4) is 17.1 Å². The molecule has 0 spiro atoms. The lowest BCUT2D eigenvalue weighted by Crippen LogP contribution is -2.29. The average molecular weight is 362 g/mol. The van der Waals surface area contributed by atoms with Gasteiger partial charge in [-0.1, -0.05) is 36.4 Å². The molecule has 1 amide bonds. The molecule has 0 aliphatic carbocycles. The van der Waals surface area contributed by atoms with Crippen LogP contribution in [0.15, 0.2) is 54.9 Å². The molecule has 2 heterocycles. The molecule has 0 bridgehead atoms. The summed E-state index contributed by atoms with van der Waals surface area (Å²) in [4.78, 5) is 14.9. The summed E-state index contributed by atoms with van der Waals surface area (Å²) in [6, 6.07) is 15.8. The van der Waals surface area contributed by atoms with Crippen LogP contribution in [0.1, 0.15) is 28.4 Å². The van der Waals surface area contributed by atoms with Gasteiger partial charge in [0.15, 0.2) is 5.82 Å². The molecule has 1 saturated heterocycles. The Balaban J connectivity index is 1.55. The molecular formula is C21H22N4O2. The van der Waals surface area contributed by atoms with Gasteiger partial charge in [0.2, 0.25) is 0 Å². The first kappa shape index (κ1) is 17.3. The highest BCUT2D eigenvalue weighted by molar-refractivity contribution is 5.96. The topological polar surface area (TPSA) is 60.2 Å². The van der Waals surface area contributed by atoms with Crippen LogP contribution in [0.5, 0.6) is 5.75 Å². The van der Waals surface area contributed by atoms with Crippen molar-refractivity contribution < 1.29 is 9.53 Å². The van der Waals surface area contributed by atoms with Gasteiger partial charge in [0.25, 0.3) is 5.91 Å². The van der Waals surface area contributed by atoms with E-state index in [1.54, 1.807) is 13.4 Å². The SMILES string of the molecule is COc1cccc(C(=O)N2CCC(n3cnnc3-c3ccccc3)C2)c1C. The van der Waals surface area contributed by atoms with Gasteiger partial charge in [0, 0.05) is 29.8 Å². The van der Waals surface area contributed by atoms with Gasteiger partial charge < -0.3 is 14.2 Å². The standard InChI is InChI=1S/C21H22N4O2/c1-15-18(9-6-10-19(15)27-2)21(26)24-12-11-17(13-24)25-14-22-23-20(25)16-7-4-3-5-8-16/h3-10,14,17H,11-13H2,1-2H3. The summed E-state index contributed by atoms with van der Waals surface area (Å²) in [6.45, 7) is 3.28. The Morgan fingerprint density at radius 2 is 1.96 bits per heavy atom. The Kier molecular flexibility index (Phi) is 4.62. The monoisotopic (exact) mass is 362 g/mol. The number of carbonyl (C=O) groups excluding carboxylic acids is 1. The smallest absolute Gasteiger partial charge is 0.254 e. The van der Waals surface area contributed by atoms with E-state index in [9.17, 15) is 4.79 Å². The zero-order valence-electron chi connectivity index (χ0n) is 15.5. The lowest BCUT2D eigenvalue weighted by atomic mass is 10.1. The van der Waals surface area contributed by atoms with Crippen molar-refractivity contribution in [2.24, 2.45) is 0 Å². The molecule has 2 aromatic carbocycles. The molecule has 1 fully saturated rings. The van der Waals surface area contributed by atoms with E-state index >= 15 is 0 Å². The maximum atomic E-state index is 13.0. The van der Waals surface area contributed by atoms with E-state index in [1.165, 1.54) is 0 Å². The molecular weight excluding hydrogens is 340 g/mol. The highest BCUT2D eigenvalue weighted by Gasteiger charge is 2.30. The average Bonchev–Trinajstić information content (AvgIpc) is 3.37. The van der Waals surface area contributed by atoms with Crippen molar-refractivity contribution in [2.75, 3.05) is 20.2 Å². The zero-order valence-corrected chi connectivity index (χ0v) is 15.5. The van der Waals surface area contributed by atoms with Crippen molar-refractivity contribution in [2.45, 2.75) is 19.4 Å². The van der Waals surface area contributed by atoms with Gasteiger partial charge in [-0.25, -0.2) is 0 Å². The van der Waals surface area contributed by atoms with Crippen LogP contribution in [0, 0.1) is 6.92 Å². The number of hydrogen-bond donors (Lipinski definition) is 0. The minimum atomic E-state index is 0.0447. The number of carbonyl (C=O) groups is 1. The van der Waals surface area contributed by atoms with Crippen LogP contribution >= 0.6 is 0 Å². The van der Waals surface area contributed by atoms with Crippen molar-refractivity contribution in [1.82, 2.24) is 19.7 Å². The molecule has 4 rings (SSSR count). The van der Waals surface area contributed by atoms with E-state index in [0.717, 1.165) is 29.1 Å². The number of methoxy groups -OCH3 is 1. The van der Waals surface area contributed by atoms with Gasteiger partial charge >= 0.3 is 0 Å². The molecule has 0 saturated carbocycles. The maximum absolute atomic E-state index is 13.0. The number of nitrogens with zero attached hydrogens (tertiary/aromatic N) is 4. The molecule has 6 heteroatoms. The van der Waals surface area contributed by atoms with Crippen molar-refractivity contribution in [1.29, 1.82) is 0 Å². The largest absolute Gasteiger partial charge is 0.496 e. The van der Waals surface area contributed by atoms with Crippen LogP contribution in [0.3, 0.4) is 0 Å². The lowest BCUT2D eigenvalue weighted by molar-refractivity contribution is 0.0786. The molecule has 1 aliphatic heterocycles. The van der Waals surface area contributed by atoms with Crippen LogP contribution in [0.2, 0.25) is 0 Å². The van der Waals surface area contributed by atoms with Gasteiger partial charge in [0.1, 0.15) is 12.1 Å². The van der Waals surface area contributed by atoms with Crippen LogP contribution in [0.25, 0.3) is 11.4 Å². The third-order valence-corrected chi connectivity index (χ3v) is 5.18. The third-order valence-electron chi connectivity index (χ3n) is 5.18. The first-order valence-corrected chi connectivity index (χ1v) is 9.07. The van der Waals surface area contributed by atoms with Crippen LogP contribution in [-0.4, -0.2) is 45.8 Å². The summed E-state index contributed by atoms with van der Waals surface area (Å²) in [6.07, 6.45) is 2.64. The number of hydrogen-bond acceptors (Lipinski definition) is 4. The second-order valence-corrected chi connectivity index (χ2v) is 6.75. The van der Waals surface area contributed by atoms with Gasteiger partial charge in [-0.15, -0.1) is 10.2 Å². The van der Waals surface area contributed by atoms with Gasteiger partial charge in [-0.2, -0.15) is 0 Å². The number of ether oxygens (including phenoxy) is 1. The molecule has 0 N–H and O–H groups in total. The number of likely N-dealkylation sites (tertiary alicyclic amines) is 1. The number of aromatic nitrogens is 3. The molecule has 27 heavy (non-hydrogen) atoms. The second-order valence-electron chi connectivity index (χ2n) is 6.75. The van der Waals surface area contributed by atoms with Crippen molar-refractivity contribution in [3.63, 3.8) is 0 Å². The first-order valence-electron chi connectivity index (χ1n) is 9.07. The van der Waals surface area contributed by atoms with Crippen LogP contribution in [0.4, 0.5) is 0 Å². The van der Waals surface area contributed by atoms with Crippen LogP contribution < -0.4 is 4.74 Å². The summed E-state index contributed by atoms with van der Waals surface area (Å²) in [5, 5.41) is 8.39. The van der Waals surface area contributed by atoms with E-state index in [0.29, 0.717) is 18.7 Å². The molecule has 1 aliphatic rings. The minimum absolute atomic E-state index is 0.0447. The Bertz CT molecular complexity index is 952. The predicted octanol–water partition coefficient (Wildman–Crippen LogP) is 3.35. The van der Waals surface area contributed by atoms with Crippen molar-refractivity contribution >= 4 is 5.91 Å². The predicted molar refractivity (Wildman–Crippen MR) is 103 cm³/mol. The molecule has 6 nitrogen and oxygen atoms in total. The lowest BCUT2D eigenvalue weighted by Gasteiger charge is -2.19. The highest BCUT2D eigenvalue weighted by Crippen LogP contribution is 2.29. The van der Waals surface area contributed by atoms with Gasteiger partial charge in [0.05, 0.1) is 13.2 Å². The molecule has 1 unspecified atom stereocenters. The Labute approximate surface area is 158 Å². The Morgan fingerprint density at radius 1 is 1.15 bits per heavy atom. The van der Waals surface area contributed by atoms with Crippen molar-refractivity contribution in [3.05, 3.63) is 66.0 Å². The molecule has 138 valence electrons. The highest BCUT2D eigenvalue weighted by atomic mass is 16.5. The normalized spacial score (nSPS) is 16.5. The molecule has 0 radical (unpaired) electrons. The summed E-state index contributed by atoms with van der Waals surface area (Å²) in [5.41, 5.74) is 2.60. The minimum Gasteiger partial charge on any atom is -0.496 e. The van der Waals surface area contributed by atoms with Gasteiger partial charge in [-0.05, 0) is 25.5 Å². The summed E-state index contributed by atoms with van der Waals surface area (Å²) in [5.74, 6) is 1.62. The zero-order chi connectivity index (χ0) is 18.8. The fourth-order valence-electron chi connectivity index (χ4n) is 3.69. The maximum Gasteiger partial charge on any atom is 0.254 e. The van der Waals surface area contributed by atoms with E-state index < -0.39 is 0 Å². The molecule has 1 atom stereocenters. The van der Waals surface area contributed by atoms with E-state index in [1.807, 2.05) is 60.4 Å². The summed E-state index contributed by atoms with van der Waals surface area (Å²) < 4.78 is 7.44. The molecule has 3 aromatic rings. The number of benzene rings is 2. The fraction of sp³-hybridized carbons (Fsp3) is 0.286. The van der Waals surface area contributed by atoms with Gasteiger partial charge in [-0.3, -0.25) is 4.79 Å². The Hall–Kier alpha value is -3.15. The first-order chi connectivity index (χ1) is 13.2. The summed E-state index contributed by atoms with van der Waals surface area (Å²) >= 11 is 0. The second kappa shape index (κ2) is 7.23. The molecule has 1 aromatic heterocycles.